The summed E-state index contributed by atoms with van der Waals surface area (Å²) in [5.74, 6) is 0.505. The number of anilines is 1. The van der Waals surface area contributed by atoms with Crippen molar-refractivity contribution in [2.24, 2.45) is 5.92 Å². The van der Waals surface area contributed by atoms with Crippen LogP contribution < -0.4 is 5.32 Å². The van der Waals surface area contributed by atoms with Crippen molar-refractivity contribution in [3.8, 4) is 5.69 Å². The van der Waals surface area contributed by atoms with Crippen LogP contribution in [0.25, 0.3) is 5.69 Å². The van der Waals surface area contributed by atoms with E-state index in [4.69, 9.17) is 12.2 Å². The van der Waals surface area contributed by atoms with Crippen molar-refractivity contribution in [2.75, 3.05) is 18.4 Å². The van der Waals surface area contributed by atoms with Gasteiger partial charge < -0.3 is 4.98 Å². The molecule has 3 heterocycles. The largest absolute Gasteiger partial charge is 0.336 e. The number of para-hydroxylation sites is 1. The molecule has 6 nitrogen and oxygen atoms in total. The Morgan fingerprint density at radius 1 is 1.39 bits per heavy atom. The first-order valence-corrected chi connectivity index (χ1v) is 10.7. The first-order valence-electron chi connectivity index (χ1n) is 9.44. The molecule has 0 aliphatic carbocycles. The maximum Gasteiger partial charge on any atom is 0.276 e. The summed E-state index contributed by atoms with van der Waals surface area (Å²) in [6, 6.07) is 9.60. The molecule has 1 aliphatic heterocycles. The number of nitrogens with zero attached hydrogens (tertiary/aromatic N) is 3. The third-order valence-corrected chi connectivity index (χ3v) is 6.03. The number of amides is 1. The summed E-state index contributed by atoms with van der Waals surface area (Å²) in [5, 5.41) is 5.54. The van der Waals surface area contributed by atoms with E-state index in [1.54, 1.807) is 10.8 Å². The number of aromatic amines is 1. The van der Waals surface area contributed by atoms with E-state index in [2.05, 4.69) is 27.1 Å². The minimum absolute atomic E-state index is 0.233. The number of rotatable bonds is 5. The van der Waals surface area contributed by atoms with Gasteiger partial charge in [-0.1, -0.05) is 25.1 Å². The number of aromatic nitrogens is 3. The Labute approximate surface area is 173 Å². The monoisotopic (exact) mass is 413 g/mol. The average molecular weight is 414 g/mol. The molecule has 1 fully saturated rings. The smallest absolute Gasteiger partial charge is 0.276 e. The van der Waals surface area contributed by atoms with Gasteiger partial charge in [-0.3, -0.25) is 19.6 Å². The first kappa shape index (κ1) is 19.0. The number of nitrogens with one attached hydrogen (secondary N) is 2. The van der Waals surface area contributed by atoms with E-state index in [1.807, 2.05) is 35.7 Å². The highest BCUT2D eigenvalue weighted by molar-refractivity contribution is 7.71. The molecule has 8 heteroatoms. The molecule has 1 amide bonds. The number of hydrogen-bond acceptors (Lipinski definition) is 5. The summed E-state index contributed by atoms with van der Waals surface area (Å²) in [6.45, 7) is 5.36. The molecule has 2 aromatic heterocycles. The Bertz CT molecular complexity index is 1010. The lowest BCUT2D eigenvalue weighted by Crippen LogP contribution is -2.33. The van der Waals surface area contributed by atoms with Gasteiger partial charge in [-0.15, -0.1) is 11.3 Å². The summed E-state index contributed by atoms with van der Waals surface area (Å²) < 4.78 is 2.21. The molecule has 0 radical (unpaired) electrons. The van der Waals surface area contributed by atoms with Crippen LogP contribution in [0.1, 0.15) is 35.9 Å². The van der Waals surface area contributed by atoms with E-state index in [0.717, 1.165) is 36.9 Å². The zero-order valence-corrected chi connectivity index (χ0v) is 17.4. The molecular formula is C20H23N5OS2. The van der Waals surface area contributed by atoms with Crippen LogP contribution in [0.3, 0.4) is 0 Å². The van der Waals surface area contributed by atoms with E-state index < -0.39 is 0 Å². The molecule has 1 aromatic carbocycles. The van der Waals surface area contributed by atoms with E-state index in [9.17, 15) is 4.79 Å². The van der Waals surface area contributed by atoms with E-state index in [0.29, 0.717) is 15.6 Å². The Hall–Kier alpha value is -2.29. The van der Waals surface area contributed by atoms with Gasteiger partial charge in [0.1, 0.15) is 5.69 Å². The van der Waals surface area contributed by atoms with Gasteiger partial charge in [0.15, 0.2) is 9.90 Å². The predicted octanol–water partition coefficient (Wildman–Crippen LogP) is 4.48. The predicted molar refractivity (Wildman–Crippen MR) is 115 cm³/mol. The summed E-state index contributed by atoms with van der Waals surface area (Å²) in [5.41, 5.74) is 2.30. The van der Waals surface area contributed by atoms with Crippen molar-refractivity contribution >= 4 is 34.6 Å². The van der Waals surface area contributed by atoms with Crippen LogP contribution in [-0.4, -0.2) is 38.4 Å². The summed E-state index contributed by atoms with van der Waals surface area (Å²) in [6.07, 6.45) is 4.18. The molecule has 3 aromatic rings. The molecular weight excluding hydrogens is 390 g/mol. The fourth-order valence-electron chi connectivity index (χ4n) is 3.63. The minimum Gasteiger partial charge on any atom is -0.336 e. The summed E-state index contributed by atoms with van der Waals surface area (Å²) >= 11 is 6.81. The SMILES string of the molecule is CC1CCCN(Cc2csc(NC(=O)c3c[nH]c(=S)n3-c3ccccc3)n2)C1. The zero-order valence-electron chi connectivity index (χ0n) is 15.7. The number of H-pyrrole nitrogens is 1. The molecule has 0 saturated carbocycles. The van der Waals surface area contributed by atoms with Gasteiger partial charge in [0.05, 0.1) is 5.69 Å². The normalized spacial score (nSPS) is 17.5. The van der Waals surface area contributed by atoms with Gasteiger partial charge in [0, 0.05) is 30.4 Å². The van der Waals surface area contributed by atoms with Crippen LogP contribution in [0.15, 0.2) is 41.9 Å². The highest BCUT2D eigenvalue weighted by Crippen LogP contribution is 2.22. The van der Waals surface area contributed by atoms with E-state index >= 15 is 0 Å². The lowest BCUT2D eigenvalue weighted by molar-refractivity contribution is 0.102. The molecule has 1 atom stereocenters. The second-order valence-electron chi connectivity index (χ2n) is 7.23. The van der Waals surface area contributed by atoms with Gasteiger partial charge in [0.25, 0.3) is 5.91 Å². The van der Waals surface area contributed by atoms with Crippen LogP contribution in [0.4, 0.5) is 5.13 Å². The van der Waals surface area contributed by atoms with Crippen LogP contribution in [0.2, 0.25) is 0 Å². The Kier molecular flexibility index (Phi) is 5.70. The molecule has 1 unspecified atom stereocenters. The van der Waals surface area contributed by atoms with Crippen molar-refractivity contribution < 1.29 is 4.79 Å². The fraction of sp³-hybridized carbons (Fsp3) is 0.350. The third-order valence-electron chi connectivity index (χ3n) is 4.92. The molecule has 4 rings (SSSR count). The summed E-state index contributed by atoms with van der Waals surface area (Å²) in [7, 11) is 0. The molecule has 2 N–H and O–H groups in total. The molecule has 1 aliphatic rings. The van der Waals surface area contributed by atoms with Gasteiger partial charge in [-0.05, 0) is 49.7 Å². The van der Waals surface area contributed by atoms with E-state index in [1.165, 1.54) is 24.2 Å². The maximum absolute atomic E-state index is 12.8. The van der Waals surface area contributed by atoms with Gasteiger partial charge in [-0.25, -0.2) is 4.98 Å². The van der Waals surface area contributed by atoms with Crippen LogP contribution in [-0.2, 0) is 6.54 Å². The third kappa shape index (κ3) is 4.24. The maximum atomic E-state index is 12.8. The molecule has 1 saturated heterocycles. The Balaban J connectivity index is 1.47. The molecule has 146 valence electrons. The first-order chi connectivity index (χ1) is 13.6. The van der Waals surface area contributed by atoms with Crippen molar-refractivity contribution in [3.05, 3.63) is 58.1 Å². The number of carbonyl (C=O) groups excluding carboxylic acids is 1. The number of thiazole rings is 1. The average Bonchev–Trinajstić information content (AvgIpc) is 3.28. The van der Waals surface area contributed by atoms with Crippen molar-refractivity contribution in [1.82, 2.24) is 19.4 Å². The van der Waals surface area contributed by atoms with Crippen LogP contribution in [0.5, 0.6) is 0 Å². The lowest BCUT2D eigenvalue weighted by atomic mass is 10.0. The Morgan fingerprint density at radius 2 is 2.21 bits per heavy atom. The number of likely N-dealkylation sites (tertiary alicyclic amines) is 1. The van der Waals surface area contributed by atoms with Gasteiger partial charge in [0.2, 0.25) is 0 Å². The van der Waals surface area contributed by atoms with Crippen molar-refractivity contribution in [2.45, 2.75) is 26.3 Å². The minimum atomic E-state index is -0.233. The van der Waals surface area contributed by atoms with Crippen LogP contribution >= 0.6 is 23.6 Å². The number of carbonyl (C=O) groups is 1. The number of benzene rings is 1. The standard InChI is InChI=1S/C20H23N5OS2/c1-14-6-5-9-24(11-14)12-15-13-28-19(22-15)23-18(26)17-10-21-20(27)25(17)16-7-3-2-4-8-16/h2-4,7-8,10,13-14H,5-6,9,11-12H2,1H3,(H,21,27)(H,22,23,26). The second-order valence-corrected chi connectivity index (χ2v) is 8.48. The van der Waals surface area contributed by atoms with Crippen LogP contribution in [0, 0.1) is 10.7 Å². The summed E-state index contributed by atoms with van der Waals surface area (Å²) in [4.78, 5) is 22.8. The van der Waals surface area contributed by atoms with Crippen molar-refractivity contribution in [1.29, 1.82) is 0 Å². The molecule has 28 heavy (non-hydrogen) atoms. The highest BCUT2D eigenvalue weighted by Gasteiger charge is 2.19. The fourth-order valence-corrected chi connectivity index (χ4v) is 4.59. The number of piperidine rings is 1. The highest BCUT2D eigenvalue weighted by atomic mass is 32.1. The van der Waals surface area contributed by atoms with E-state index in [-0.39, 0.29) is 5.91 Å². The van der Waals surface area contributed by atoms with Gasteiger partial charge in [-0.2, -0.15) is 0 Å². The number of hydrogen-bond donors (Lipinski definition) is 2. The second kappa shape index (κ2) is 8.38. The molecule has 0 spiro atoms. The molecule has 0 bridgehead atoms. The zero-order chi connectivity index (χ0) is 19.5. The Morgan fingerprint density at radius 3 is 3.00 bits per heavy atom. The topological polar surface area (TPSA) is 66.0 Å². The lowest BCUT2D eigenvalue weighted by Gasteiger charge is -2.30. The van der Waals surface area contributed by atoms with Crippen molar-refractivity contribution in [3.63, 3.8) is 0 Å². The number of imidazole rings is 1. The van der Waals surface area contributed by atoms with Gasteiger partial charge >= 0.3 is 0 Å². The quantitative estimate of drug-likeness (QED) is 0.606.